The standard InChI is InChI=1S/C18H29N7O2.HI/c1-6-24(17(26)27-18(2,3)4)12-10-20-16(19-5)21-13-15-23-22-14-9-7-8-11-25(14)15;/h7-9,11H,6,10,12-13H2,1-5H3,(H2,19,20,21);1H. The summed E-state index contributed by atoms with van der Waals surface area (Å²) in [5.41, 5.74) is 0.296. The fraction of sp³-hybridized carbons (Fsp3) is 0.556. The number of rotatable bonds is 6. The van der Waals surface area contributed by atoms with E-state index in [0.29, 0.717) is 32.1 Å². The summed E-state index contributed by atoms with van der Waals surface area (Å²) in [6.07, 6.45) is 1.60. The van der Waals surface area contributed by atoms with Gasteiger partial charge in [0.15, 0.2) is 17.4 Å². The van der Waals surface area contributed by atoms with Gasteiger partial charge in [0, 0.05) is 32.9 Å². The fourth-order valence-corrected chi connectivity index (χ4v) is 2.41. The van der Waals surface area contributed by atoms with Crippen LogP contribution < -0.4 is 10.6 Å². The van der Waals surface area contributed by atoms with Crippen LogP contribution in [-0.2, 0) is 11.3 Å². The molecule has 0 unspecified atom stereocenters. The van der Waals surface area contributed by atoms with Crippen molar-refractivity contribution in [1.29, 1.82) is 0 Å². The molecule has 2 rings (SSSR count). The topological polar surface area (TPSA) is 96.1 Å². The number of likely N-dealkylation sites (N-methyl/N-ethyl adjacent to an activating group) is 1. The monoisotopic (exact) mass is 503 g/mol. The summed E-state index contributed by atoms with van der Waals surface area (Å²) in [5, 5.41) is 14.7. The first-order valence-corrected chi connectivity index (χ1v) is 9.05. The molecule has 10 heteroatoms. The van der Waals surface area contributed by atoms with Crippen molar-refractivity contribution in [2.75, 3.05) is 26.7 Å². The van der Waals surface area contributed by atoms with E-state index in [1.807, 2.05) is 56.5 Å². The minimum absolute atomic E-state index is 0. The van der Waals surface area contributed by atoms with Crippen LogP contribution in [-0.4, -0.2) is 63.8 Å². The lowest BCUT2D eigenvalue weighted by molar-refractivity contribution is 0.0264. The number of pyridine rings is 1. The van der Waals surface area contributed by atoms with Crippen LogP contribution in [0, 0.1) is 0 Å². The van der Waals surface area contributed by atoms with Gasteiger partial charge in [0.25, 0.3) is 0 Å². The van der Waals surface area contributed by atoms with Crippen LogP contribution in [0.3, 0.4) is 0 Å². The third-order valence-electron chi connectivity index (χ3n) is 3.73. The average molecular weight is 503 g/mol. The van der Waals surface area contributed by atoms with Crippen LogP contribution in [0.1, 0.15) is 33.5 Å². The van der Waals surface area contributed by atoms with Crippen molar-refractivity contribution in [2.45, 2.75) is 39.8 Å². The number of fused-ring (bicyclic) bond motifs is 1. The molecular formula is C18H30IN7O2. The van der Waals surface area contributed by atoms with E-state index in [9.17, 15) is 4.79 Å². The van der Waals surface area contributed by atoms with Crippen molar-refractivity contribution in [2.24, 2.45) is 4.99 Å². The Morgan fingerprint density at radius 3 is 2.68 bits per heavy atom. The van der Waals surface area contributed by atoms with Gasteiger partial charge in [-0.2, -0.15) is 0 Å². The molecule has 0 aliphatic carbocycles. The fourth-order valence-electron chi connectivity index (χ4n) is 2.41. The minimum atomic E-state index is -0.503. The number of aliphatic imine (C=N–C) groups is 1. The average Bonchev–Trinajstić information content (AvgIpc) is 3.03. The van der Waals surface area contributed by atoms with Gasteiger partial charge in [-0.15, -0.1) is 34.2 Å². The highest BCUT2D eigenvalue weighted by Crippen LogP contribution is 2.09. The van der Waals surface area contributed by atoms with Crippen LogP contribution in [0.2, 0.25) is 0 Å². The largest absolute Gasteiger partial charge is 0.444 e. The number of guanidine groups is 1. The highest BCUT2D eigenvalue weighted by Gasteiger charge is 2.20. The Kier molecular flexibility index (Phi) is 9.42. The number of hydrogen-bond donors (Lipinski definition) is 2. The predicted molar refractivity (Wildman–Crippen MR) is 120 cm³/mol. The molecule has 2 heterocycles. The highest BCUT2D eigenvalue weighted by atomic mass is 127. The van der Waals surface area contributed by atoms with E-state index >= 15 is 0 Å². The molecular weight excluding hydrogens is 473 g/mol. The maximum absolute atomic E-state index is 12.2. The number of carbonyl (C=O) groups excluding carboxylic acids is 1. The molecule has 0 aliphatic heterocycles. The van der Waals surface area contributed by atoms with Crippen LogP contribution in [0.4, 0.5) is 4.79 Å². The third-order valence-corrected chi connectivity index (χ3v) is 3.73. The number of nitrogens with zero attached hydrogens (tertiary/aromatic N) is 5. The van der Waals surface area contributed by atoms with Gasteiger partial charge in [-0.25, -0.2) is 4.79 Å². The van der Waals surface area contributed by atoms with Gasteiger partial charge in [-0.05, 0) is 39.8 Å². The van der Waals surface area contributed by atoms with E-state index in [1.54, 1.807) is 11.9 Å². The molecule has 0 fully saturated rings. The summed E-state index contributed by atoms with van der Waals surface area (Å²) in [5.74, 6) is 1.42. The number of aromatic nitrogens is 3. The molecule has 2 aromatic heterocycles. The van der Waals surface area contributed by atoms with E-state index in [-0.39, 0.29) is 30.1 Å². The molecule has 0 saturated heterocycles. The van der Waals surface area contributed by atoms with Crippen LogP contribution in [0.5, 0.6) is 0 Å². The molecule has 156 valence electrons. The summed E-state index contributed by atoms with van der Waals surface area (Å²) >= 11 is 0. The molecule has 28 heavy (non-hydrogen) atoms. The van der Waals surface area contributed by atoms with Crippen molar-refractivity contribution in [3.8, 4) is 0 Å². The number of halogens is 1. The number of amides is 1. The molecule has 0 bridgehead atoms. The van der Waals surface area contributed by atoms with Crippen molar-refractivity contribution < 1.29 is 9.53 Å². The Hall–Kier alpha value is -2.11. The molecule has 0 saturated carbocycles. The van der Waals surface area contributed by atoms with Gasteiger partial charge in [-0.1, -0.05) is 6.07 Å². The van der Waals surface area contributed by atoms with E-state index < -0.39 is 5.60 Å². The Morgan fingerprint density at radius 2 is 2.04 bits per heavy atom. The van der Waals surface area contributed by atoms with E-state index in [0.717, 1.165) is 11.5 Å². The maximum atomic E-state index is 12.2. The molecule has 0 spiro atoms. The number of nitrogens with one attached hydrogen (secondary N) is 2. The second-order valence-electron chi connectivity index (χ2n) is 6.96. The molecule has 0 atom stereocenters. The molecule has 0 radical (unpaired) electrons. The quantitative estimate of drug-likeness (QED) is 0.357. The third kappa shape index (κ3) is 7.13. The van der Waals surface area contributed by atoms with Gasteiger partial charge >= 0.3 is 6.09 Å². The van der Waals surface area contributed by atoms with Gasteiger partial charge in [0.2, 0.25) is 0 Å². The van der Waals surface area contributed by atoms with Gasteiger partial charge in [-0.3, -0.25) is 9.39 Å². The van der Waals surface area contributed by atoms with Crippen LogP contribution in [0.15, 0.2) is 29.4 Å². The number of carbonyl (C=O) groups is 1. The minimum Gasteiger partial charge on any atom is -0.444 e. The summed E-state index contributed by atoms with van der Waals surface area (Å²) in [4.78, 5) is 18.0. The summed E-state index contributed by atoms with van der Waals surface area (Å²) in [6, 6.07) is 5.76. The lowest BCUT2D eigenvalue weighted by Gasteiger charge is -2.26. The zero-order valence-electron chi connectivity index (χ0n) is 17.1. The number of ether oxygens (including phenoxy) is 1. The van der Waals surface area contributed by atoms with Gasteiger partial charge < -0.3 is 20.3 Å². The summed E-state index contributed by atoms with van der Waals surface area (Å²) < 4.78 is 7.33. The Balaban J connectivity index is 0.00000392. The second-order valence-corrected chi connectivity index (χ2v) is 6.96. The SMILES string of the molecule is CCN(CCNC(=NC)NCc1nnc2ccccn12)C(=O)OC(C)(C)C.I. The van der Waals surface area contributed by atoms with Gasteiger partial charge in [0.1, 0.15) is 5.60 Å². The lowest BCUT2D eigenvalue weighted by atomic mass is 10.2. The lowest BCUT2D eigenvalue weighted by Crippen LogP contribution is -2.44. The Morgan fingerprint density at radius 1 is 1.29 bits per heavy atom. The first kappa shape index (κ1) is 23.9. The molecule has 2 aromatic rings. The first-order valence-electron chi connectivity index (χ1n) is 9.05. The number of hydrogen-bond acceptors (Lipinski definition) is 5. The summed E-state index contributed by atoms with van der Waals surface area (Å²) in [7, 11) is 1.70. The van der Waals surface area contributed by atoms with E-state index in [1.165, 1.54) is 0 Å². The summed E-state index contributed by atoms with van der Waals surface area (Å²) in [6.45, 7) is 9.62. The molecule has 9 nitrogen and oxygen atoms in total. The van der Waals surface area contributed by atoms with Crippen LogP contribution >= 0.6 is 24.0 Å². The predicted octanol–water partition coefficient (Wildman–Crippen LogP) is 2.27. The Labute approximate surface area is 183 Å². The highest BCUT2D eigenvalue weighted by molar-refractivity contribution is 14.0. The first-order chi connectivity index (χ1) is 12.8. The van der Waals surface area contributed by atoms with Crippen molar-refractivity contribution in [1.82, 2.24) is 30.1 Å². The normalized spacial score (nSPS) is 11.7. The maximum Gasteiger partial charge on any atom is 0.410 e. The second kappa shape index (κ2) is 11.0. The molecule has 0 aliphatic rings. The van der Waals surface area contributed by atoms with Gasteiger partial charge in [0.05, 0.1) is 6.54 Å². The van der Waals surface area contributed by atoms with Crippen molar-refractivity contribution in [3.63, 3.8) is 0 Å². The van der Waals surface area contributed by atoms with E-state index in [4.69, 9.17) is 4.74 Å². The Bertz CT molecular complexity index is 786. The molecule has 1 amide bonds. The molecule has 2 N–H and O–H groups in total. The smallest absolute Gasteiger partial charge is 0.410 e. The van der Waals surface area contributed by atoms with E-state index in [2.05, 4.69) is 25.8 Å². The van der Waals surface area contributed by atoms with Crippen LogP contribution in [0.25, 0.3) is 5.65 Å². The molecule has 0 aromatic carbocycles. The zero-order chi connectivity index (χ0) is 19.9. The van der Waals surface area contributed by atoms with Crippen molar-refractivity contribution >= 4 is 41.7 Å². The zero-order valence-corrected chi connectivity index (χ0v) is 19.4. The van der Waals surface area contributed by atoms with Crippen molar-refractivity contribution in [3.05, 3.63) is 30.2 Å².